The standard InChI is InChI=1S/C5H7NO3.2Na.2H/c7-4-2-1-3-6(4)5(8)9;;;;/h1-3H2,(H,8,9);;;;. The van der Waals surface area contributed by atoms with Gasteiger partial charge in [-0.2, -0.15) is 0 Å². The number of hydrogen-bond donors (Lipinski definition) is 1. The number of imide groups is 1. The van der Waals surface area contributed by atoms with Crippen LogP contribution in [0.2, 0.25) is 0 Å². The van der Waals surface area contributed by atoms with Gasteiger partial charge in [-0.3, -0.25) is 4.79 Å². The van der Waals surface area contributed by atoms with Crippen molar-refractivity contribution in [3.63, 3.8) is 0 Å². The fourth-order valence-corrected chi connectivity index (χ4v) is 0.850. The molecular weight excluding hydrogens is 168 g/mol. The first-order valence-corrected chi connectivity index (χ1v) is 2.75. The Balaban J connectivity index is 0. The van der Waals surface area contributed by atoms with Crippen molar-refractivity contribution in [3.05, 3.63) is 0 Å². The third kappa shape index (κ3) is 3.92. The van der Waals surface area contributed by atoms with Gasteiger partial charge < -0.3 is 5.11 Å². The molecule has 0 unspecified atom stereocenters. The van der Waals surface area contributed by atoms with Crippen LogP contribution in [0.3, 0.4) is 0 Å². The van der Waals surface area contributed by atoms with Crippen molar-refractivity contribution in [3.8, 4) is 0 Å². The molecular formula is C5H9NNa2O3. The second-order valence-electron chi connectivity index (χ2n) is 1.93. The van der Waals surface area contributed by atoms with Crippen LogP contribution in [0.25, 0.3) is 0 Å². The molecule has 0 aromatic heterocycles. The molecule has 0 aromatic rings. The van der Waals surface area contributed by atoms with Crippen LogP contribution in [0.15, 0.2) is 0 Å². The van der Waals surface area contributed by atoms with E-state index in [2.05, 4.69) is 0 Å². The summed E-state index contributed by atoms with van der Waals surface area (Å²) in [5, 5.41) is 8.29. The Morgan fingerprint density at radius 3 is 2.18 bits per heavy atom. The molecule has 1 fully saturated rings. The molecule has 6 heteroatoms. The van der Waals surface area contributed by atoms with Gasteiger partial charge in [-0.05, 0) is 6.42 Å². The number of amides is 2. The van der Waals surface area contributed by atoms with Crippen molar-refractivity contribution in [1.82, 2.24) is 4.90 Å². The number of rotatable bonds is 0. The van der Waals surface area contributed by atoms with E-state index in [0.29, 0.717) is 19.4 Å². The van der Waals surface area contributed by atoms with Gasteiger partial charge in [-0.15, -0.1) is 0 Å². The quantitative estimate of drug-likeness (QED) is 0.482. The molecule has 0 radical (unpaired) electrons. The van der Waals surface area contributed by atoms with E-state index in [9.17, 15) is 9.59 Å². The average molecular weight is 177 g/mol. The van der Waals surface area contributed by atoms with E-state index in [1.165, 1.54) is 0 Å². The second kappa shape index (κ2) is 6.46. The summed E-state index contributed by atoms with van der Waals surface area (Å²) in [6, 6.07) is 0. The molecule has 0 bridgehead atoms. The van der Waals surface area contributed by atoms with Gasteiger partial charge in [-0.25, -0.2) is 9.69 Å². The minimum atomic E-state index is -1.13. The topological polar surface area (TPSA) is 57.6 Å². The number of nitrogens with zero attached hydrogens (tertiary/aromatic N) is 1. The first kappa shape index (κ1) is 14.5. The van der Waals surface area contributed by atoms with Gasteiger partial charge in [0, 0.05) is 13.0 Å². The van der Waals surface area contributed by atoms with Gasteiger partial charge in [0.05, 0.1) is 0 Å². The maximum absolute atomic E-state index is 10.6. The minimum absolute atomic E-state index is 0. The molecule has 1 aliphatic rings. The van der Waals surface area contributed by atoms with Crippen molar-refractivity contribution >= 4 is 71.1 Å². The zero-order valence-corrected chi connectivity index (χ0v) is 4.83. The van der Waals surface area contributed by atoms with Crippen molar-refractivity contribution in [1.29, 1.82) is 0 Å². The Labute approximate surface area is 109 Å². The van der Waals surface area contributed by atoms with Gasteiger partial charge >= 0.3 is 65.2 Å². The molecule has 0 aromatic carbocycles. The molecule has 1 aliphatic heterocycles. The van der Waals surface area contributed by atoms with Crippen LogP contribution in [0.1, 0.15) is 12.8 Å². The fourth-order valence-electron chi connectivity index (χ4n) is 0.850. The van der Waals surface area contributed by atoms with Gasteiger partial charge in [-0.1, -0.05) is 0 Å². The Morgan fingerprint density at radius 2 is 2.00 bits per heavy atom. The Kier molecular flexibility index (Phi) is 8.49. The first-order chi connectivity index (χ1) is 4.22. The average Bonchev–Trinajstić information content (AvgIpc) is 2.13. The molecule has 0 spiro atoms. The molecule has 0 atom stereocenters. The SMILES string of the molecule is O=C(O)N1CCCC1=O.[NaH].[NaH]. The number of likely N-dealkylation sites (tertiary alicyclic amines) is 1. The van der Waals surface area contributed by atoms with Crippen LogP contribution in [0.5, 0.6) is 0 Å². The normalized spacial score (nSPS) is 15.3. The zero-order chi connectivity index (χ0) is 6.85. The maximum atomic E-state index is 10.6. The van der Waals surface area contributed by atoms with Gasteiger partial charge in [0.2, 0.25) is 5.91 Å². The van der Waals surface area contributed by atoms with Crippen LogP contribution in [-0.4, -0.2) is 87.7 Å². The van der Waals surface area contributed by atoms with E-state index in [1.807, 2.05) is 0 Å². The summed E-state index contributed by atoms with van der Waals surface area (Å²) in [7, 11) is 0. The Hall–Kier alpha value is 0.940. The number of hydrogen-bond acceptors (Lipinski definition) is 2. The number of carboxylic acid groups (broad SMARTS) is 1. The molecule has 1 N–H and O–H groups in total. The van der Waals surface area contributed by atoms with Crippen LogP contribution in [-0.2, 0) is 4.79 Å². The van der Waals surface area contributed by atoms with Gasteiger partial charge in [0.25, 0.3) is 0 Å². The molecule has 4 nitrogen and oxygen atoms in total. The van der Waals surface area contributed by atoms with E-state index < -0.39 is 6.09 Å². The summed E-state index contributed by atoms with van der Waals surface area (Å²) in [5.74, 6) is -0.275. The molecule has 0 aliphatic carbocycles. The van der Waals surface area contributed by atoms with E-state index in [1.54, 1.807) is 0 Å². The van der Waals surface area contributed by atoms with E-state index in [-0.39, 0.29) is 65.0 Å². The van der Waals surface area contributed by atoms with Crippen molar-refractivity contribution < 1.29 is 14.7 Å². The molecule has 2 amide bonds. The number of carbonyl (C=O) groups excluding carboxylic acids is 1. The van der Waals surface area contributed by atoms with E-state index >= 15 is 0 Å². The van der Waals surface area contributed by atoms with Crippen LogP contribution < -0.4 is 0 Å². The predicted molar refractivity (Wildman–Crippen MR) is 43.3 cm³/mol. The van der Waals surface area contributed by atoms with Crippen LogP contribution in [0.4, 0.5) is 4.79 Å². The molecule has 1 saturated heterocycles. The monoisotopic (exact) mass is 177 g/mol. The third-order valence-electron chi connectivity index (χ3n) is 1.30. The van der Waals surface area contributed by atoms with Crippen molar-refractivity contribution in [2.24, 2.45) is 0 Å². The Bertz CT molecular complexity index is 162. The summed E-state index contributed by atoms with van der Waals surface area (Å²) in [6.45, 7) is 0.369. The summed E-state index contributed by atoms with van der Waals surface area (Å²) >= 11 is 0. The summed E-state index contributed by atoms with van der Waals surface area (Å²) in [6.07, 6.45) is -0.0743. The third-order valence-corrected chi connectivity index (χ3v) is 1.30. The predicted octanol–water partition coefficient (Wildman–Crippen LogP) is -1.01. The van der Waals surface area contributed by atoms with Crippen molar-refractivity contribution in [2.45, 2.75) is 12.8 Å². The number of carbonyl (C=O) groups is 2. The summed E-state index contributed by atoms with van der Waals surface area (Å²) < 4.78 is 0. The summed E-state index contributed by atoms with van der Waals surface area (Å²) in [5.41, 5.74) is 0. The zero-order valence-electron chi connectivity index (χ0n) is 4.83. The molecule has 54 valence electrons. The Morgan fingerprint density at radius 1 is 1.45 bits per heavy atom. The molecule has 11 heavy (non-hydrogen) atoms. The first-order valence-electron chi connectivity index (χ1n) is 2.75. The van der Waals surface area contributed by atoms with E-state index in [4.69, 9.17) is 5.11 Å². The van der Waals surface area contributed by atoms with E-state index in [0.717, 1.165) is 4.90 Å². The fraction of sp³-hybridized carbons (Fsp3) is 0.600. The van der Waals surface area contributed by atoms with Gasteiger partial charge in [0.1, 0.15) is 0 Å². The molecule has 1 heterocycles. The van der Waals surface area contributed by atoms with Crippen LogP contribution in [0, 0.1) is 0 Å². The molecule has 1 rings (SSSR count). The van der Waals surface area contributed by atoms with Crippen LogP contribution >= 0.6 is 0 Å². The summed E-state index contributed by atoms with van der Waals surface area (Å²) in [4.78, 5) is 21.5. The second-order valence-corrected chi connectivity index (χ2v) is 1.93. The van der Waals surface area contributed by atoms with Crippen molar-refractivity contribution in [2.75, 3.05) is 6.54 Å². The van der Waals surface area contributed by atoms with Gasteiger partial charge in [0.15, 0.2) is 0 Å². The molecule has 0 saturated carbocycles.